The first-order valence-corrected chi connectivity index (χ1v) is 5.93. The lowest BCUT2D eigenvalue weighted by molar-refractivity contribution is -0.0562. The van der Waals surface area contributed by atoms with E-state index in [1.54, 1.807) is 0 Å². The van der Waals surface area contributed by atoms with E-state index < -0.39 is 10.4 Å². The average molecular weight is 223 g/mol. The highest BCUT2D eigenvalue weighted by molar-refractivity contribution is 7.80. The summed E-state index contributed by atoms with van der Waals surface area (Å²) >= 11 is 0. The van der Waals surface area contributed by atoms with Crippen molar-refractivity contribution in [1.82, 2.24) is 0 Å². The van der Waals surface area contributed by atoms with E-state index in [0.717, 1.165) is 6.42 Å². The molecule has 3 atom stereocenters. The highest BCUT2D eigenvalue weighted by Crippen LogP contribution is 2.25. The molecule has 0 radical (unpaired) electrons. The largest absolute Gasteiger partial charge is 0.726 e. The van der Waals surface area contributed by atoms with Gasteiger partial charge in [-0.15, -0.1) is 0 Å². The van der Waals surface area contributed by atoms with Crippen LogP contribution < -0.4 is 0 Å². The van der Waals surface area contributed by atoms with E-state index >= 15 is 0 Å². The standard InChI is InChI=1S/C8H16O5S/c1-6-3-8(12-4-7(6)2)5-13-14(9,10)11/h6-8H,3-5H2,1-2H3,(H,9,10,11)/p-1. The molecule has 1 saturated heterocycles. The third-order valence-corrected chi connectivity index (χ3v) is 3.02. The smallest absolute Gasteiger partial charge is 0.217 e. The predicted octanol–water partition coefficient (Wildman–Crippen LogP) is 0.524. The van der Waals surface area contributed by atoms with Crippen LogP contribution in [0, 0.1) is 11.8 Å². The molecule has 1 aliphatic heterocycles. The fraction of sp³-hybridized carbons (Fsp3) is 1.00. The molecule has 3 unspecified atom stereocenters. The molecule has 1 heterocycles. The van der Waals surface area contributed by atoms with E-state index in [-0.39, 0.29) is 12.7 Å². The van der Waals surface area contributed by atoms with Crippen molar-refractivity contribution in [3.05, 3.63) is 0 Å². The Kier molecular flexibility index (Phi) is 3.88. The Bertz CT molecular complexity index is 273. The number of rotatable bonds is 3. The maximum atomic E-state index is 10.2. The van der Waals surface area contributed by atoms with Gasteiger partial charge in [0, 0.05) is 6.61 Å². The Labute approximate surface area is 84.4 Å². The first-order chi connectivity index (χ1) is 6.38. The zero-order valence-electron chi connectivity index (χ0n) is 8.30. The van der Waals surface area contributed by atoms with Crippen LogP contribution in [0.5, 0.6) is 0 Å². The van der Waals surface area contributed by atoms with Crippen LogP contribution in [0.4, 0.5) is 0 Å². The van der Waals surface area contributed by atoms with Crippen LogP contribution in [0.3, 0.4) is 0 Å². The van der Waals surface area contributed by atoms with Crippen LogP contribution in [-0.4, -0.2) is 32.3 Å². The summed E-state index contributed by atoms with van der Waals surface area (Å²) in [5, 5.41) is 0. The predicted molar refractivity (Wildman–Crippen MR) is 48.3 cm³/mol. The lowest BCUT2D eigenvalue weighted by atomic mass is 9.89. The second kappa shape index (κ2) is 4.57. The van der Waals surface area contributed by atoms with E-state index in [0.29, 0.717) is 18.4 Å². The number of hydrogen-bond acceptors (Lipinski definition) is 5. The van der Waals surface area contributed by atoms with Gasteiger partial charge in [-0.1, -0.05) is 13.8 Å². The Morgan fingerprint density at radius 2 is 2.07 bits per heavy atom. The van der Waals surface area contributed by atoms with Gasteiger partial charge in [-0.3, -0.25) is 4.18 Å². The van der Waals surface area contributed by atoms with Gasteiger partial charge >= 0.3 is 0 Å². The van der Waals surface area contributed by atoms with Crippen molar-refractivity contribution in [1.29, 1.82) is 0 Å². The van der Waals surface area contributed by atoms with Crippen LogP contribution in [0.1, 0.15) is 20.3 Å². The summed E-state index contributed by atoms with van der Waals surface area (Å²) in [6, 6.07) is 0. The fourth-order valence-electron chi connectivity index (χ4n) is 1.44. The molecule has 0 amide bonds. The van der Waals surface area contributed by atoms with Crippen LogP contribution in [-0.2, 0) is 19.3 Å². The SMILES string of the molecule is CC1COC(COS(=O)(=O)[O-])CC1C. The minimum Gasteiger partial charge on any atom is -0.726 e. The monoisotopic (exact) mass is 223 g/mol. The quantitative estimate of drug-likeness (QED) is 0.515. The van der Waals surface area contributed by atoms with Gasteiger partial charge in [0.15, 0.2) is 0 Å². The third-order valence-electron chi connectivity index (χ3n) is 2.60. The van der Waals surface area contributed by atoms with E-state index in [1.165, 1.54) is 0 Å². The fourth-order valence-corrected chi connectivity index (χ4v) is 1.76. The van der Waals surface area contributed by atoms with Gasteiger partial charge in [0.2, 0.25) is 10.4 Å². The molecule has 0 aliphatic carbocycles. The molecule has 1 aliphatic rings. The number of hydrogen-bond donors (Lipinski definition) is 0. The van der Waals surface area contributed by atoms with Crippen LogP contribution in [0.2, 0.25) is 0 Å². The molecule has 0 bridgehead atoms. The maximum Gasteiger partial charge on any atom is 0.217 e. The Morgan fingerprint density at radius 1 is 1.43 bits per heavy atom. The van der Waals surface area contributed by atoms with E-state index in [1.807, 2.05) is 0 Å². The van der Waals surface area contributed by atoms with Gasteiger partial charge in [0.05, 0.1) is 12.7 Å². The topological polar surface area (TPSA) is 75.7 Å². The van der Waals surface area contributed by atoms with Gasteiger partial charge in [0.25, 0.3) is 0 Å². The summed E-state index contributed by atoms with van der Waals surface area (Å²) in [6.45, 7) is 4.58. The average Bonchev–Trinajstić information content (AvgIpc) is 2.06. The summed E-state index contributed by atoms with van der Waals surface area (Å²) in [7, 11) is -4.58. The molecule has 14 heavy (non-hydrogen) atoms. The molecule has 1 rings (SSSR count). The van der Waals surface area contributed by atoms with Crippen LogP contribution in [0.15, 0.2) is 0 Å². The minimum absolute atomic E-state index is 0.164. The van der Waals surface area contributed by atoms with Crippen molar-refractivity contribution in [3.63, 3.8) is 0 Å². The molecule has 0 aromatic carbocycles. The molecule has 0 N–H and O–H groups in total. The van der Waals surface area contributed by atoms with E-state index in [9.17, 15) is 13.0 Å². The lowest BCUT2D eigenvalue weighted by Crippen LogP contribution is -2.34. The van der Waals surface area contributed by atoms with Crippen molar-refractivity contribution in [2.75, 3.05) is 13.2 Å². The normalized spacial score (nSPS) is 34.4. The molecular weight excluding hydrogens is 208 g/mol. The summed E-state index contributed by atoms with van der Waals surface area (Å²) in [6.07, 6.45) is 0.460. The Balaban J connectivity index is 2.34. The molecule has 0 aromatic rings. The van der Waals surface area contributed by atoms with E-state index in [2.05, 4.69) is 18.0 Å². The highest BCUT2D eigenvalue weighted by Gasteiger charge is 2.25. The second-order valence-electron chi connectivity index (χ2n) is 3.84. The van der Waals surface area contributed by atoms with Gasteiger partial charge in [-0.05, 0) is 18.3 Å². The molecule has 6 heteroatoms. The molecule has 0 aromatic heterocycles. The first kappa shape index (κ1) is 11.9. The summed E-state index contributed by atoms with van der Waals surface area (Å²) in [5.74, 6) is 0.932. The molecule has 84 valence electrons. The lowest BCUT2D eigenvalue weighted by Gasteiger charge is -2.32. The molecule has 5 nitrogen and oxygen atoms in total. The van der Waals surface area contributed by atoms with Crippen molar-refractivity contribution in [2.45, 2.75) is 26.4 Å². The first-order valence-electron chi connectivity index (χ1n) is 4.60. The summed E-state index contributed by atoms with van der Waals surface area (Å²) in [4.78, 5) is 0. The van der Waals surface area contributed by atoms with Crippen molar-refractivity contribution < 1.29 is 21.9 Å². The number of ether oxygens (including phenoxy) is 1. The highest BCUT2D eigenvalue weighted by atomic mass is 32.3. The molecule has 0 saturated carbocycles. The molecule has 0 spiro atoms. The van der Waals surface area contributed by atoms with Crippen molar-refractivity contribution in [2.24, 2.45) is 11.8 Å². The van der Waals surface area contributed by atoms with Gasteiger partial charge in [-0.25, -0.2) is 8.42 Å². The minimum atomic E-state index is -4.58. The van der Waals surface area contributed by atoms with Crippen LogP contribution >= 0.6 is 0 Å². The zero-order valence-corrected chi connectivity index (χ0v) is 9.12. The summed E-state index contributed by atoms with van der Waals surface area (Å²) in [5.41, 5.74) is 0. The molecular formula is C8H15O5S-. The Morgan fingerprint density at radius 3 is 2.57 bits per heavy atom. The Hall–Kier alpha value is -0.170. The van der Waals surface area contributed by atoms with E-state index in [4.69, 9.17) is 4.74 Å². The van der Waals surface area contributed by atoms with Gasteiger partial charge < -0.3 is 9.29 Å². The van der Waals surface area contributed by atoms with Crippen molar-refractivity contribution in [3.8, 4) is 0 Å². The second-order valence-corrected chi connectivity index (χ2v) is 4.89. The van der Waals surface area contributed by atoms with Gasteiger partial charge in [-0.2, -0.15) is 0 Å². The third kappa shape index (κ3) is 3.91. The maximum absolute atomic E-state index is 10.2. The molecule has 1 fully saturated rings. The van der Waals surface area contributed by atoms with Crippen molar-refractivity contribution >= 4 is 10.4 Å². The van der Waals surface area contributed by atoms with Crippen LogP contribution in [0.25, 0.3) is 0 Å². The summed E-state index contributed by atoms with van der Waals surface area (Å²) < 4.78 is 40.0. The zero-order chi connectivity index (χ0) is 10.8. The van der Waals surface area contributed by atoms with Gasteiger partial charge in [0.1, 0.15) is 0 Å².